The van der Waals surface area contributed by atoms with Crippen LogP contribution in [0.2, 0.25) is 0 Å². The number of carbonyl (C=O) groups excluding carboxylic acids is 1. The number of carboxylic acid groups (broad SMARTS) is 1. The molecule has 2 N–H and O–H groups in total. The van der Waals surface area contributed by atoms with E-state index in [0.29, 0.717) is 23.8 Å². The number of aryl methyl sites for hydroxylation is 1. The number of hydrogen-bond donors (Lipinski definition) is 2. The fourth-order valence-electron chi connectivity index (χ4n) is 6.11. The van der Waals surface area contributed by atoms with Gasteiger partial charge in [0.2, 0.25) is 0 Å². The molecule has 2 aliphatic carbocycles. The lowest BCUT2D eigenvalue weighted by molar-refractivity contribution is -0.139. The molecule has 0 saturated heterocycles. The maximum absolute atomic E-state index is 13.5. The Balaban J connectivity index is 0.00000387. The Kier molecular flexibility index (Phi) is 10.3. The molecule has 0 aromatic heterocycles. The van der Waals surface area contributed by atoms with Crippen molar-refractivity contribution in [1.82, 2.24) is 10.2 Å². The summed E-state index contributed by atoms with van der Waals surface area (Å²) in [6.45, 7) is 2.91. The van der Waals surface area contributed by atoms with Gasteiger partial charge in [-0.05, 0) is 104 Å². The number of benzene rings is 3. The fourth-order valence-corrected chi connectivity index (χ4v) is 6.58. The van der Waals surface area contributed by atoms with Gasteiger partial charge in [-0.15, -0.1) is 0 Å². The number of nitrogens with one attached hydrogen (secondary N) is 1. The van der Waals surface area contributed by atoms with E-state index in [0.717, 1.165) is 29.7 Å². The van der Waals surface area contributed by atoms with Crippen LogP contribution < -0.4 is 5.32 Å². The summed E-state index contributed by atoms with van der Waals surface area (Å²) in [5.74, 6) is -0.666. The molecule has 2 fully saturated rings. The molecule has 41 heavy (non-hydrogen) atoms. The van der Waals surface area contributed by atoms with Crippen LogP contribution in [0.25, 0.3) is 11.1 Å². The van der Waals surface area contributed by atoms with E-state index < -0.39 is 12.0 Å². The van der Waals surface area contributed by atoms with E-state index in [2.05, 4.69) is 71.7 Å². The Labute approximate surface area is 249 Å². The summed E-state index contributed by atoms with van der Waals surface area (Å²) < 4.78 is 0. The minimum Gasteiger partial charge on any atom is -0.480 e. The normalized spacial score (nSPS) is 16.4. The Bertz CT molecular complexity index is 1330. The van der Waals surface area contributed by atoms with Crippen LogP contribution in [0, 0.1) is 6.92 Å². The zero-order valence-electron chi connectivity index (χ0n) is 23.6. The predicted molar refractivity (Wildman–Crippen MR) is 171 cm³/mol. The summed E-state index contributed by atoms with van der Waals surface area (Å²) in [5, 5.41) is 12.5. The van der Waals surface area contributed by atoms with Crippen molar-refractivity contribution in [2.45, 2.75) is 83.5 Å². The zero-order chi connectivity index (χ0) is 28.1. The molecular weight excluding hydrogens is 528 g/mol. The fraction of sp³-hybridized carbons (Fsp3) is 0.429. The van der Waals surface area contributed by atoms with Crippen LogP contribution in [0.4, 0.5) is 0 Å². The van der Waals surface area contributed by atoms with Gasteiger partial charge in [0.25, 0.3) is 5.91 Å². The number of carbonyl (C=O) groups is 2. The molecule has 5 rings (SSSR count). The lowest BCUT2D eigenvalue weighted by Gasteiger charge is -2.51. The second-order valence-corrected chi connectivity index (χ2v) is 12.4. The molecule has 218 valence electrons. The molecule has 3 aromatic rings. The molecule has 5 nitrogen and oxygen atoms in total. The number of hydrogen-bond acceptors (Lipinski definition) is 4. The Morgan fingerprint density at radius 3 is 2.32 bits per heavy atom. The third kappa shape index (κ3) is 7.22. The summed E-state index contributed by atoms with van der Waals surface area (Å²) >= 11 is 1.58. The van der Waals surface area contributed by atoms with E-state index in [1.165, 1.54) is 43.2 Å². The van der Waals surface area contributed by atoms with Gasteiger partial charge in [0.15, 0.2) is 0 Å². The largest absolute Gasteiger partial charge is 0.480 e. The first kappa shape index (κ1) is 30.9. The van der Waals surface area contributed by atoms with E-state index in [9.17, 15) is 14.7 Å². The van der Waals surface area contributed by atoms with E-state index in [1.54, 1.807) is 11.8 Å². The first-order valence-electron chi connectivity index (χ1n) is 14.4. The first-order valence-corrected chi connectivity index (χ1v) is 15.8. The van der Waals surface area contributed by atoms with E-state index >= 15 is 0 Å². The number of nitrogens with zero attached hydrogens (tertiary/aromatic N) is 1. The molecule has 0 aliphatic heterocycles. The van der Waals surface area contributed by atoms with Gasteiger partial charge in [0, 0.05) is 23.7 Å². The summed E-state index contributed by atoms with van der Waals surface area (Å²) in [6.07, 6.45) is 9.59. The molecule has 6 heteroatoms. The van der Waals surface area contributed by atoms with Crippen molar-refractivity contribution in [3.05, 3.63) is 95.1 Å². The third-order valence-electron chi connectivity index (χ3n) is 8.59. The van der Waals surface area contributed by atoms with E-state index in [4.69, 9.17) is 0 Å². The highest BCUT2D eigenvalue weighted by atomic mass is 32.2. The highest BCUT2D eigenvalue weighted by Gasteiger charge is 2.47. The molecule has 2 aliphatic rings. The lowest BCUT2D eigenvalue weighted by Crippen LogP contribution is -2.55. The Morgan fingerprint density at radius 2 is 1.71 bits per heavy atom. The summed E-state index contributed by atoms with van der Waals surface area (Å²) in [5.41, 5.74) is 6.26. The van der Waals surface area contributed by atoms with E-state index in [1.807, 2.05) is 24.5 Å². The van der Waals surface area contributed by atoms with Gasteiger partial charge in [-0.1, -0.05) is 68.1 Å². The molecule has 0 unspecified atom stereocenters. The van der Waals surface area contributed by atoms with Crippen molar-refractivity contribution >= 4 is 23.6 Å². The van der Waals surface area contributed by atoms with Crippen LogP contribution in [0.5, 0.6) is 0 Å². The molecule has 2 saturated carbocycles. The molecule has 3 aromatic carbocycles. The van der Waals surface area contributed by atoms with Crippen LogP contribution in [-0.4, -0.2) is 51.5 Å². The Hall–Kier alpha value is -3.09. The standard InChI is InChI=1S/C34H40N2O3S.CH4/c1-24-9-6-7-12-28(24)30-21-26(13-16-29(30)32(37)35-31(33(38)39)17-20-40-2)23-36(27-14-15-27)34(18-8-19-34)22-25-10-4-3-5-11-25;/h3-7,9-13,16,21,27,31H,8,14-15,17-20,22-23H2,1-2H3,(H,35,37)(H,38,39);1H4/t31-;/m0./s1. The van der Waals surface area contributed by atoms with Gasteiger partial charge in [0.1, 0.15) is 6.04 Å². The van der Waals surface area contributed by atoms with Crippen LogP contribution >= 0.6 is 11.8 Å². The molecule has 0 spiro atoms. The average Bonchev–Trinajstić information content (AvgIpc) is 3.78. The number of thioether (sulfide) groups is 1. The topological polar surface area (TPSA) is 69.6 Å². The minimum absolute atomic E-state index is 0. The van der Waals surface area contributed by atoms with Gasteiger partial charge < -0.3 is 10.4 Å². The van der Waals surface area contributed by atoms with Crippen LogP contribution in [0.15, 0.2) is 72.8 Å². The number of aliphatic carboxylic acids is 1. The molecule has 0 radical (unpaired) electrons. The van der Waals surface area contributed by atoms with Crippen LogP contribution in [0.1, 0.15) is 73.0 Å². The quantitative estimate of drug-likeness (QED) is 0.224. The second-order valence-electron chi connectivity index (χ2n) is 11.4. The van der Waals surface area contributed by atoms with Crippen LogP contribution in [0.3, 0.4) is 0 Å². The predicted octanol–water partition coefficient (Wildman–Crippen LogP) is 7.36. The van der Waals surface area contributed by atoms with Crippen molar-refractivity contribution in [3.63, 3.8) is 0 Å². The van der Waals surface area contributed by atoms with E-state index in [-0.39, 0.29) is 18.9 Å². The number of amides is 1. The molecule has 0 bridgehead atoms. The number of carboxylic acids is 1. The van der Waals surface area contributed by atoms with Gasteiger partial charge in [0.05, 0.1) is 0 Å². The highest BCUT2D eigenvalue weighted by molar-refractivity contribution is 7.98. The third-order valence-corrected chi connectivity index (χ3v) is 9.23. The Morgan fingerprint density at radius 1 is 1.00 bits per heavy atom. The van der Waals surface area contributed by atoms with Crippen LogP contribution in [-0.2, 0) is 17.8 Å². The SMILES string of the molecule is C.CSCC[C@H](NC(=O)c1ccc(CN(C2CC2)C2(Cc3ccccc3)CCC2)cc1-c1ccccc1C)C(=O)O. The maximum Gasteiger partial charge on any atom is 0.326 e. The molecular formula is C35H44N2O3S. The summed E-state index contributed by atoms with van der Waals surface area (Å²) in [6, 6.07) is 24.8. The lowest BCUT2D eigenvalue weighted by atomic mass is 9.71. The van der Waals surface area contributed by atoms with Gasteiger partial charge in [-0.3, -0.25) is 9.69 Å². The first-order chi connectivity index (χ1) is 19.4. The average molecular weight is 573 g/mol. The number of rotatable bonds is 13. The van der Waals surface area contributed by atoms with Crippen molar-refractivity contribution in [1.29, 1.82) is 0 Å². The zero-order valence-corrected chi connectivity index (χ0v) is 24.4. The highest BCUT2D eigenvalue weighted by Crippen LogP contribution is 2.47. The minimum atomic E-state index is -0.999. The molecule has 1 amide bonds. The summed E-state index contributed by atoms with van der Waals surface area (Å²) in [7, 11) is 0. The van der Waals surface area contributed by atoms with Gasteiger partial charge in [-0.25, -0.2) is 4.79 Å². The van der Waals surface area contributed by atoms with Crippen molar-refractivity contribution < 1.29 is 14.7 Å². The van der Waals surface area contributed by atoms with Crippen molar-refractivity contribution in [2.24, 2.45) is 0 Å². The summed E-state index contributed by atoms with van der Waals surface area (Å²) in [4.78, 5) is 28.1. The van der Waals surface area contributed by atoms with Crippen molar-refractivity contribution in [2.75, 3.05) is 12.0 Å². The monoisotopic (exact) mass is 572 g/mol. The van der Waals surface area contributed by atoms with Gasteiger partial charge >= 0.3 is 5.97 Å². The second kappa shape index (κ2) is 13.7. The smallest absolute Gasteiger partial charge is 0.326 e. The maximum atomic E-state index is 13.5. The van der Waals surface area contributed by atoms with Crippen molar-refractivity contribution in [3.8, 4) is 11.1 Å². The molecule has 0 heterocycles. The van der Waals surface area contributed by atoms with Gasteiger partial charge in [-0.2, -0.15) is 11.8 Å². The molecule has 1 atom stereocenters.